The molecule has 6 aromatic carbocycles. The molecule has 3 aromatic heterocycles. The molecule has 0 aliphatic rings. The Morgan fingerprint density at radius 1 is 0.457 bits per heavy atom. The van der Waals surface area contributed by atoms with Gasteiger partial charge in [-0.3, -0.25) is 49.6 Å². The minimum absolute atomic E-state index is 0.00733. The first kappa shape index (κ1) is 69.3. The number of aromatic nitrogens is 3. The molecule has 0 aliphatic heterocycles. The molecule has 0 spiro atoms. The highest BCUT2D eigenvalue weighted by atomic mass is 32.2. The Kier molecular flexibility index (Phi) is 23.3. The van der Waals surface area contributed by atoms with Crippen molar-refractivity contribution in [2.45, 2.75) is 61.8 Å². The number of hydrogen-bond donors (Lipinski definition) is 4. The average molecular weight is 1310 g/mol. The Morgan fingerprint density at radius 2 is 0.793 bits per heavy atom. The number of alkyl halides is 9. The number of nitro benzene ring substituents is 2. The lowest BCUT2D eigenvalue weighted by Gasteiger charge is -2.11. The second kappa shape index (κ2) is 31.0. The van der Waals surface area contributed by atoms with Gasteiger partial charge in [0.25, 0.3) is 29.1 Å². The Labute approximate surface area is 526 Å². The molecule has 0 saturated heterocycles. The second-order valence-electron chi connectivity index (χ2n) is 19.4. The average Bonchev–Trinajstić information content (AvgIpc) is 0.876. The van der Waals surface area contributed by atoms with E-state index < -0.39 is 68.6 Å². The van der Waals surface area contributed by atoms with E-state index in [0.29, 0.717) is 28.1 Å². The predicted octanol–water partition coefficient (Wildman–Crippen LogP) is 15.9. The smallest absolute Gasteiger partial charge is 0.398 e. The number of carbonyl (C=O) groups is 3. The maximum absolute atomic E-state index is 13.6. The third-order valence-corrected chi connectivity index (χ3v) is 14.7. The highest BCUT2D eigenvalue weighted by Gasteiger charge is 2.32. The lowest BCUT2D eigenvalue weighted by Crippen LogP contribution is -2.23. The number of nitrogens with two attached hydrogens (primary N) is 1. The third-order valence-electron chi connectivity index (χ3n) is 13.0. The minimum atomic E-state index is -4.50. The summed E-state index contributed by atoms with van der Waals surface area (Å²) in [6, 6.07) is 35.9. The van der Waals surface area contributed by atoms with E-state index >= 15 is 0 Å². The molecule has 476 valence electrons. The molecule has 3 heterocycles. The molecule has 92 heavy (non-hydrogen) atoms. The summed E-state index contributed by atoms with van der Waals surface area (Å²) in [6.45, 7) is 3.71. The van der Waals surface area contributed by atoms with Crippen LogP contribution >= 0.6 is 23.5 Å². The lowest BCUT2D eigenvalue weighted by atomic mass is 10.1. The van der Waals surface area contributed by atoms with Crippen molar-refractivity contribution in [2.75, 3.05) is 17.2 Å². The molecular formula is C64H51F10N9O7S2. The Morgan fingerprint density at radius 3 is 1.15 bits per heavy atom. The normalized spacial score (nSPS) is 11.3. The quantitative estimate of drug-likeness (QED) is 0.0206. The van der Waals surface area contributed by atoms with E-state index in [9.17, 15) is 78.5 Å². The number of nitrogen functional groups attached to an aromatic ring is 1. The predicted molar refractivity (Wildman–Crippen MR) is 327 cm³/mol. The molecule has 0 unspecified atom stereocenters. The summed E-state index contributed by atoms with van der Waals surface area (Å²) in [5.74, 6) is -0.592. The van der Waals surface area contributed by atoms with Gasteiger partial charge in [0.1, 0.15) is 5.82 Å². The van der Waals surface area contributed by atoms with Crippen LogP contribution in [0.3, 0.4) is 0 Å². The number of halogens is 10. The van der Waals surface area contributed by atoms with Gasteiger partial charge in [-0.1, -0.05) is 50.2 Å². The van der Waals surface area contributed by atoms with Gasteiger partial charge < -0.3 is 21.7 Å². The van der Waals surface area contributed by atoms with Crippen molar-refractivity contribution in [2.24, 2.45) is 0 Å². The zero-order valence-corrected chi connectivity index (χ0v) is 49.8. The zero-order valence-electron chi connectivity index (χ0n) is 48.1. The SMILES string of the molecule is CCSc1ccc(N)c(-c2cc(C(=O)NCc3cccc(C(F)(F)F)c3)ccn2)c1.CCSc1ccc([N+](=O)[O-])c(-c2cc(C(=O)NCc3cccc(C(F)(F)F)c3)ccn2)c1.O=C(NCc1cccc(C(F)(F)F)c1)c1ccnc(-c2cc(F)ccc2[N+](=O)[O-])c1. The molecule has 0 bridgehead atoms. The van der Waals surface area contributed by atoms with Crippen LogP contribution in [0.25, 0.3) is 33.8 Å². The maximum Gasteiger partial charge on any atom is 0.416 e. The van der Waals surface area contributed by atoms with Crippen molar-refractivity contribution in [1.29, 1.82) is 0 Å². The number of carbonyl (C=O) groups excluding carboxylic acids is 3. The lowest BCUT2D eigenvalue weighted by molar-refractivity contribution is -0.384. The number of nitrogens with one attached hydrogen (secondary N) is 3. The Hall–Kier alpha value is -10.2. The minimum Gasteiger partial charge on any atom is -0.398 e. The van der Waals surface area contributed by atoms with Crippen molar-refractivity contribution < 1.29 is 68.1 Å². The molecule has 0 aliphatic carbocycles. The highest BCUT2D eigenvalue weighted by molar-refractivity contribution is 7.99. The molecule has 16 nitrogen and oxygen atoms in total. The van der Waals surface area contributed by atoms with Crippen LogP contribution in [0.15, 0.2) is 192 Å². The monoisotopic (exact) mass is 1310 g/mol. The topological polar surface area (TPSA) is 238 Å². The first-order valence-electron chi connectivity index (χ1n) is 27.2. The number of benzene rings is 6. The van der Waals surface area contributed by atoms with Gasteiger partial charge in [0.2, 0.25) is 0 Å². The van der Waals surface area contributed by atoms with E-state index in [1.807, 2.05) is 26.0 Å². The van der Waals surface area contributed by atoms with Crippen LogP contribution in [-0.2, 0) is 38.2 Å². The van der Waals surface area contributed by atoms with E-state index in [-0.39, 0.29) is 70.2 Å². The number of hydrogen-bond acceptors (Lipinski definition) is 13. The third kappa shape index (κ3) is 19.4. The van der Waals surface area contributed by atoms with E-state index in [1.165, 1.54) is 97.1 Å². The van der Waals surface area contributed by atoms with Crippen molar-refractivity contribution in [3.05, 3.63) is 258 Å². The van der Waals surface area contributed by atoms with Crippen molar-refractivity contribution in [3.63, 3.8) is 0 Å². The van der Waals surface area contributed by atoms with Gasteiger partial charge in [0.05, 0.1) is 54.7 Å². The largest absolute Gasteiger partial charge is 0.416 e. The van der Waals surface area contributed by atoms with Crippen molar-refractivity contribution in [3.8, 4) is 33.8 Å². The van der Waals surface area contributed by atoms with Crippen LogP contribution < -0.4 is 21.7 Å². The molecule has 5 N–H and O–H groups in total. The number of rotatable bonds is 18. The fraction of sp³-hybridized carbons (Fsp3) is 0.156. The zero-order chi connectivity index (χ0) is 66.9. The number of amides is 3. The standard InChI is InChI=1S/C22H18F3N3O3S.C22H20F3N3OS.C20H13F4N3O3/c1-2-32-17-6-7-20(28(30)31)18(12-17)19-11-15(8-9-26-19)21(29)27-13-14-4-3-5-16(10-14)22(23,24)25;1-2-30-17-6-7-19(26)18(12-17)20-11-15(8-9-27-20)21(29)28-13-14-4-3-5-16(10-14)22(23,24)25;21-15-4-5-18(27(29)30)16(10-15)17-9-13(6-7-25-17)19(28)26-11-12-2-1-3-14(8-12)20(22,23)24/h3-12H,2,13H2,1H3,(H,27,29);3-12H,2,13,26H2,1H3,(H,28,29);1-10H,11H2,(H,26,28). The van der Waals surface area contributed by atoms with Crippen LogP contribution in [0.1, 0.15) is 78.3 Å². The molecule has 3 amide bonds. The van der Waals surface area contributed by atoms with E-state index in [0.717, 1.165) is 81.5 Å². The summed E-state index contributed by atoms with van der Waals surface area (Å²) < 4.78 is 129. The van der Waals surface area contributed by atoms with Crippen LogP contribution in [-0.4, -0.2) is 54.0 Å². The molecule has 0 saturated carbocycles. The highest BCUT2D eigenvalue weighted by Crippen LogP contribution is 2.36. The van der Waals surface area contributed by atoms with E-state index in [4.69, 9.17) is 5.73 Å². The molecular weight excluding hydrogens is 1260 g/mol. The van der Waals surface area contributed by atoms with Crippen molar-refractivity contribution in [1.82, 2.24) is 30.9 Å². The molecule has 0 atom stereocenters. The first-order chi connectivity index (χ1) is 43.6. The summed E-state index contributed by atoms with van der Waals surface area (Å²) in [7, 11) is 0. The molecule has 28 heteroatoms. The number of pyridine rings is 3. The summed E-state index contributed by atoms with van der Waals surface area (Å²) in [5.41, 5.74) is 6.93. The van der Waals surface area contributed by atoms with Crippen LogP contribution in [0.5, 0.6) is 0 Å². The van der Waals surface area contributed by atoms with Gasteiger partial charge in [-0.25, -0.2) is 4.39 Å². The Balaban J connectivity index is 0.000000196. The fourth-order valence-electron chi connectivity index (χ4n) is 8.61. The van der Waals surface area contributed by atoms with Gasteiger partial charge in [-0.15, -0.1) is 23.5 Å². The number of nitrogens with zero attached hydrogens (tertiary/aromatic N) is 5. The maximum atomic E-state index is 13.6. The molecule has 0 radical (unpaired) electrons. The number of nitro groups is 2. The summed E-state index contributed by atoms with van der Waals surface area (Å²) in [4.78, 5) is 73.3. The van der Waals surface area contributed by atoms with Gasteiger partial charge in [0, 0.05) is 88.1 Å². The van der Waals surface area contributed by atoms with Gasteiger partial charge in [-0.2, -0.15) is 39.5 Å². The van der Waals surface area contributed by atoms with Crippen LogP contribution in [0.4, 0.5) is 61.0 Å². The fourth-order valence-corrected chi connectivity index (χ4v) is 10.0. The van der Waals surface area contributed by atoms with Gasteiger partial charge >= 0.3 is 18.5 Å². The molecule has 9 aromatic rings. The van der Waals surface area contributed by atoms with Crippen molar-refractivity contribution >= 4 is 58.3 Å². The number of thioether (sulfide) groups is 2. The van der Waals surface area contributed by atoms with Crippen LogP contribution in [0.2, 0.25) is 0 Å². The summed E-state index contributed by atoms with van der Waals surface area (Å²) >= 11 is 3.18. The summed E-state index contributed by atoms with van der Waals surface area (Å²) in [5, 5.41) is 30.3. The summed E-state index contributed by atoms with van der Waals surface area (Å²) in [6.07, 6.45) is -9.31. The molecule has 0 fully saturated rings. The second-order valence-corrected chi connectivity index (χ2v) is 22.1. The van der Waals surface area contributed by atoms with Gasteiger partial charge in [-0.05, 0) is 143 Å². The van der Waals surface area contributed by atoms with E-state index in [1.54, 1.807) is 42.1 Å². The van der Waals surface area contributed by atoms with E-state index in [2.05, 4.69) is 30.9 Å². The number of anilines is 1. The first-order valence-corrected chi connectivity index (χ1v) is 29.2. The Bertz CT molecular complexity index is 4160. The van der Waals surface area contributed by atoms with Gasteiger partial charge in [0.15, 0.2) is 0 Å². The molecule has 9 rings (SSSR count). The van der Waals surface area contributed by atoms with Crippen LogP contribution in [0, 0.1) is 26.0 Å².